The third-order valence-corrected chi connectivity index (χ3v) is 4.12. The van der Waals surface area contributed by atoms with Gasteiger partial charge in [0.15, 0.2) is 0 Å². The van der Waals surface area contributed by atoms with Gasteiger partial charge in [0.2, 0.25) is 11.8 Å². The van der Waals surface area contributed by atoms with Crippen LogP contribution in [-0.4, -0.2) is 18.4 Å². The molecule has 1 heterocycles. The SMILES string of the molecule is Cc1cc2occ(CC(=O)NCC(=O)Nc3ccccc3)c2cc1C. The van der Waals surface area contributed by atoms with Gasteiger partial charge in [0.1, 0.15) is 5.58 Å². The van der Waals surface area contributed by atoms with Crippen LogP contribution < -0.4 is 10.6 Å². The van der Waals surface area contributed by atoms with Gasteiger partial charge >= 0.3 is 0 Å². The molecule has 2 aromatic carbocycles. The highest BCUT2D eigenvalue weighted by Gasteiger charge is 2.12. The predicted octanol–water partition coefficient (Wildman–Crippen LogP) is 3.35. The molecular weight excluding hydrogens is 316 g/mol. The predicted molar refractivity (Wildman–Crippen MR) is 97.5 cm³/mol. The second-order valence-electron chi connectivity index (χ2n) is 6.06. The standard InChI is InChI=1S/C20H20N2O3/c1-13-8-17-15(12-25-18(17)9-14(13)2)10-19(23)21-11-20(24)22-16-6-4-3-5-7-16/h3-9,12H,10-11H2,1-2H3,(H,21,23)(H,22,24). The molecule has 25 heavy (non-hydrogen) atoms. The number of anilines is 1. The van der Waals surface area contributed by atoms with Gasteiger partial charge in [-0.15, -0.1) is 0 Å². The largest absolute Gasteiger partial charge is 0.464 e. The van der Waals surface area contributed by atoms with Gasteiger partial charge in [0.05, 0.1) is 19.2 Å². The van der Waals surface area contributed by atoms with Crippen molar-refractivity contribution < 1.29 is 14.0 Å². The second kappa shape index (κ2) is 7.21. The summed E-state index contributed by atoms with van der Waals surface area (Å²) in [4.78, 5) is 24.0. The third kappa shape index (κ3) is 4.07. The smallest absolute Gasteiger partial charge is 0.243 e. The Morgan fingerprint density at radius 1 is 1.00 bits per heavy atom. The maximum Gasteiger partial charge on any atom is 0.243 e. The molecule has 3 rings (SSSR count). The minimum Gasteiger partial charge on any atom is -0.464 e. The van der Waals surface area contributed by atoms with Crippen molar-refractivity contribution in [1.29, 1.82) is 0 Å². The van der Waals surface area contributed by atoms with Gasteiger partial charge < -0.3 is 15.1 Å². The highest BCUT2D eigenvalue weighted by atomic mass is 16.3. The minimum absolute atomic E-state index is 0.0678. The Labute approximate surface area is 146 Å². The number of carbonyl (C=O) groups is 2. The number of fused-ring (bicyclic) bond motifs is 1. The molecule has 0 radical (unpaired) electrons. The fourth-order valence-electron chi connectivity index (χ4n) is 2.61. The molecule has 5 nitrogen and oxygen atoms in total. The zero-order chi connectivity index (χ0) is 17.8. The molecule has 0 fully saturated rings. The van der Waals surface area contributed by atoms with Gasteiger partial charge in [-0.3, -0.25) is 9.59 Å². The molecule has 5 heteroatoms. The molecule has 0 saturated heterocycles. The number of furan rings is 1. The fourth-order valence-corrected chi connectivity index (χ4v) is 2.61. The number of carbonyl (C=O) groups excluding carboxylic acids is 2. The number of hydrogen-bond acceptors (Lipinski definition) is 3. The Balaban J connectivity index is 1.58. The first-order chi connectivity index (χ1) is 12.0. The molecule has 3 aromatic rings. The van der Waals surface area contributed by atoms with Crippen LogP contribution >= 0.6 is 0 Å². The van der Waals surface area contributed by atoms with Crippen molar-refractivity contribution in [2.24, 2.45) is 0 Å². The third-order valence-electron chi connectivity index (χ3n) is 4.12. The molecule has 0 atom stereocenters. The Kier molecular flexibility index (Phi) is 4.84. The van der Waals surface area contributed by atoms with E-state index in [0.717, 1.165) is 27.7 Å². The maximum atomic E-state index is 12.1. The Hall–Kier alpha value is -3.08. The molecule has 0 aliphatic rings. The quantitative estimate of drug-likeness (QED) is 0.750. The topological polar surface area (TPSA) is 71.3 Å². The van der Waals surface area contributed by atoms with Crippen molar-refractivity contribution in [3.05, 3.63) is 65.4 Å². The first kappa shape index (κ1) is 16.8. The summed E-state index contributed by atoms with van der Waals surface area (Å²) in [5, 5.41) is 6.30. The van der Waals surface area contributed by atoms with Gasteiger partial charge in [0, 0.05) is 16.6 Å². The van der Waals surface area contributed by atoms with Crippen molar-refractivity contribution in [2.45, 2.75) is 20.3 Å². The van der Waals surface area contributed by atoms with Crippen LogP contribution in [0.3, 0.4) is 0 Å². The summed E-state index contributed by atoms with van der Waals surface area (Å²) in [7, 11) is 0. The summed E-state index contributed by atoms with van der Waals surface area (Å²) in [6.07, 6.45) is 1.78. The van der Waals surface area contributed by atoms with E-state index in [1.807, 2.05) is 44.2 Å². The highest BCUT2D eigenvalue weighted by molar-refractivity contribution is 5.95. The van der Waals surface area contributed by atoms with Crippen molar-refractivity contribution in [1.82, 2.24) is 5.32 Å². The zero-order valence-electron chi connectivity index (χ0n) is 14.3. The molecule has 2 amide bonds. The number of nitrogens with one attached hydrogen (secondary N) is 2. The molecule has 1 aromatic heterocycles. The monoisotopic (exact) mass is 336 g/mol. The van der Waals surface area contributed by atoms with Crippen LogP contribution in [0, 0.1) is 13.8 Å². The van der Waals surface area contributed by atoms with Crippen LogP contribution in [0.25, 0.3) is 11.0 Å². The Morgan fingerprint density at radius 3 is 2.48 bits per heavy atom. The molecule has 128 valence electrons. The molecule has 0 saturated carbocycles. The van der Waals surface area contributed by atoms with E-state index in [0.29, 0.717) is 5.69 Å². The van der Waals surface area contributed by atoms with E-state index in [4.69, 9.17) is 4.42 Å². The number of para-hydroxylation sites is 1. The number of amides is 2. The average molecular weight is 336 g/mol. The number of hydrogen-bond donors (Lipinski definition) is 2. The maximum absolute atomic E-state index is 12.1. The van der Waals surface area contributed by atoms with Crippen LogP contribution in [0.15, 0.2) is 53.1 Å². The summed E-state index contributed by atoms with van der Waals surface area (Å²) in [5.41, 5.74) is 4.59. The summed E-state index contributed by atoms with van der Waals surface area (Å²) >= 11 is 0. The minimum atomic E-state index is -0.261. The highest BCUT2D eigenvalue weighted by Crippen LogP contribution is 2.25. The van der Waals surface area contributed by atoms with Gasteiger partial charge in [-0.05, 0) is 49.2 Å². The number of rotatable bonds is 5. The van der Waals surface area contributed by atoms with E-state index in [1.165, 1.54) is 0 Å². The van der Waals surface area contributed by atoms with E-state index >= 15 is 0 Å². The average Bonchev–Trinajstić information content (AvgIpc) is 2.96. The van der Waals surface area contributed by atoms with Gasteiger partial charge in [-0.2, -0.15) is 0 Å². The van der Waals surface area contributed by atoms with Crippen LogP contribution in [-0.2, 0) is 16.0 Å². The van der Waals surface area contributed by atoms with Crippen LogP contribution in [0.4, 0.5) is 5.69 Å². The van der Waals surface area contributed by atoms with Gasteiger partial charge in [0.25, 0.3) is 0 Å². The summed E-state index contributed by atoms with van der Waals surface area (Å²) in [6, 6.07) is 13.1. The number of aryl methyl sites for hydroxylation is 2. The lowest BCUT2D eigenvalue weighted by Gasteiger charge is -2.06. The molecule has 0 aliphatic carbocycles. The molecule has 0 unspecified atom stereocenters. The van der Waals surface area contributed by atoms with E-state index in [2.05, 4.69) is 10.6 Å². The van der Waals surface area contributed by atoms with Crippen molar-refractivity contribution >= 4 is 28.5 Å². The lowest BCUT2D eigenvalue weighted by Crippen LogP contribution is -2.33. The molecule has 0 bridgehead atoms. The normalized spacial score (nSPS) is 10.6. The zero-order valence-corrected chi connectivity index (χ0v) is 14.3. The van der Waals surface area contributed by atoms with Crippen molar-refractivity contribution in [3.8, 4) is 0 Å². The summed E-state index contributed by atoms with van der Waals surface area (Å²) < 4.78 is 5.53. The first-order valence-corrected chi connectivity index (χ1v) is 8.12. The van der Waals surface area contributed by atoms with Crippen LogP contribution in [0.2, 0.25) is 0 Å². The van der Waals surface area contributed by atoms with E-state index in [-0.39, 0.29) is 24.8 Å². The van der Waals surface area contributed by atoms with Gasteiger partial charge in [-0.1, -0.05) is 18.2 Å². The van der Waals surface area contributed by atoms with Crippen LogP contribution in [0.5, 0.6) is 0 Å². The van der Waals surface area contributed by atoms with Gasteiger partial charge in [-0.25, -0.2) is 0 Å². The molecule has 2 N–H and O–H groups in total. The van der Waals surface area contributed by atoms with E-state index in [9.17, 15) is 9.59 Å². The molecular formula is C20H20N2O3. The van der Waals surface area contributed by atoms with Crippen molar-refractivity contribution in [3.63, 3.8) is 0 Å². The lowest BCUT2D eigenvalue weighted by molar-refractivity contribution is -0.123. The fraction of sp³-hybridized carbons (Fsp3) is 0.200. The Morgan fingerprint density at radius 2 is 1.72 bits per heavy atom. The first-order valence-electron chi connectivity index (χ1n) is 8.12. The molecule has 0 spiro atoms. The summed E-state index contributed by atoms with van der Waals surface area (Å²) in [6.45, 7) is 3.98. The summed E-state index contributed by atoms with van der Waals surface area (Å²) in [5.74, 6) is -0.479. The van der Waals surface area contributed by atoms with E-state index in [1.54, 1.807) is 18.4 Å². The van der Waals surface area contributed by atoms with Crippen LogP contribution in [0.1, 0.15) is 16.7 Å². The Bertz CT molecular complexity index is 913. The lowest BCUT2D eigenvalue weighted by atomic mass is 10.0. The second-order valence-corrected chi connectivity index (χ2v) is 6.06. The van der Waals surface area contributed by atoms with E-state index < -0.39 is 0 Å². The molecule has 0 aliphatic heterocycles. The van der Waals surface area contributed by atoms with Crippen molar-refractivity contribution in [2.75, 3.05) is 11.9 Å². The number of benzene rings is 2.